The molecule has 0 aliphatic rings. The Kier molecular flexibility index (Phi) is 68.4. The van der Waals surface area contributed by atoms with E-state index in [4.69, 9.17) is 37.0 Å². The lowest BCUT2D eigenvalue weighted by Gasteiger charge is -2.21. The first kappa shape index (κ1) is 94.0. The van der Waals surface area contributed by atoms with Crippen LogP contribution in [-0.4, -0.2) is 96.7 Å². The minimum Gasteiger partial charge on any atom is -0.462 e. The van der Waals surface area contributed by atoms with Gasteiger partial charge in [0, 0.05) is 25.7 Å². The molecule has 5 unspecified atom stereocenters. The second-order valence-electron chi connectivity index (χ2n) is 25.6. The van der Waals surface area contributed by atoms with E-state index in [-0.39, 0.29) is 25.7 Å². The molecule has 0 heterocycles. The molecule has 0 rings (SSSR count). The van der Waals surface area contributed by atoms with Gasteiger partial charge in [0.2, 0.25) is 0 Å². The van der Waals surface area contributed by atoms with Gasteiger partial charge in [0.25, 0.3) is 0 Å². The summed E-state index contributed by atoms with van der Waals surface area (Å²) in [6.45, 7) is 4.62. The highest BCUT2D eigenvalue weighted by molar-refractivity contribution is 7.47. The Morgan fingerprint density at radius 3 is 0.898 bits per heavy atom. The highest BCUT2D eigenvalue weighted by Gasteiger charge is 2.30. The molecule has 3 N–H and O–H groups in total. The fourth-order valence-corrected chi connectivity index (χ4v) is 11.7. The van der Waals surface area contributed by atoms with Gasteiger partial charge in [-0.05, 0) is 135 Å². The zero-order chi connectivity index (χ0) is 71.8. The van der Waals surface area contributed by atoms with Crippen LogP contribution < -0.4 is 0 Å². The van der Waals surface area contributed by atoms with Crippen LogP contribution in [0.3, 0.4) is 0 Å². The predicted molar refractivity (Wildman–Crippen MR) is 399 cm³/mol. The van der Waals surface area contributed by atoms with Crippen molar-refractivity contribution in [1.82, 2.24) is 0 Å². The molecule has 566 valence electrons. The maximum absolute atomic E-state index is 13.1. The van der Waals surface area contributed by atoms with Crippen LogP contribution in [0.5, 0.6) is 0 Å². The lowest BCUT2D eigenvalue weighted by Crippen LogP contribution is -2.30. The molecule has 0 aliphatic heterocycles. The number of carbonyl (C=O) groups excluding carboxylic acids is 4. The third-order valence-corrected chi connectivity index (χ3v) is 17.9. The Labute approximate surface area is 595 Å². The molecule has 0 aromatic heterocycles. The average molecular weight is 1420 g/mol. The molecular weight excluding hydrogens is 1280 g/mol. The summed E-state index contributed by atoms with van der Waals surface area (Å²) in [6, 6.07) is 0. The van der Waals surface area contributed by atoms with E-state index < -0.39 is 97.5 Å². The fraction of sp³-hybridized carbons (Fsp3) is 0.747. The standard InChI is InChI=1S/C79H138O17P2/c1-5-9-13-17-21-25-29-32-34-35-36-37-39-41-45-48-52-56-60-64-77(82)90-70-75(96-79(84)66-62-58-54-50-46-42-38-33-30-26-22-18-14-10-6-2)72-94-98(87,88)92-68-73(80)67-91-97(85,86)93-71-74(95-78(83)65-61-57-53-49-43-28-24-20-16-12-8-4)69-89-76(81)63-59-55-51-47-44-40-31-27-23-19-15-11-7-3/h9,13,15,19-21,24-25,27,31-34,36-38,73-75,80H,5-8,10-12,14,16-18,22-23,26,28-30,35,39-72H2,1-4H3,(H,85,86)(H,87,88)/b13-9-,19-15-,24-20-,25-21-,31-27-,34-32-,37-36-,38-33-. The molecule has 0 aromatic carbocycles. The summed E-state index contributed by atoms with van der Waals surface area (Å²) in [6.07, 6.45) is 74.0. The van der Waals surface area contributed by atoms with Crippen molar-refractivity contribution in [2.24, 2.45) is 0 Å². The second-order valence-corrected chi connectivity index (χ2v) is 28.5. The first-order valence-corrected chi connectivity index (χ1v) is 41.5. The van der Waals surface area contributed by atoms with E-state index in [0.717, 1.165) is 193 Å². The molecule has 0 radical (unpaired) electrons. The Morgan fingerprint density at radius 1 is 0.296 bits per heavy atom. The minimum atomic E-state index is -4.98. The maximum Gasteiger partial charge on any atom is 0.472 e. The van der Waals surface area contributed by atoms with Crippen molar-refractivity contribution in [3.8, 4) is 0 Å². The van der Waals surface area contributed by atoms with E-state index in [1.165, 1.54) is 51.4 Å². The SMILES string of the molecule is CC/C=C\C/C=C\C/C=C\C/C=C\CCCCCCCCC(=O)OCC(COP(=O)(O)OCC(O)COP(=O)(O)OCC(COC(=O)CCCCCCC/C=C\C/C=C\CCC)OC(=O)CCCCCCC/C=C\CCCC)OC(=O)CCCCCCC/C=C\CCCCCCCC. The van der Waals surface area contributed by atoms with Crippen LogP contribution >= 0.6 is 15.6 Å². The van der Waals surface area contributed by atoms with Gasteiger partial charge < -0.3 is 33.8 Å². The van der Waals surface area contributed by atoms with E-state index in [2.05, 4.69) is 125 Å². The molecule has 0 fully saturated rings. The number of hydrogen-bond donors (Lipinski definition) is 3. The molecule has 5 atom stereocenters. The van der Waals surface area contributed by atoms with Crippen LogP contribution in [0.2, 0.25) is 0 Å². The summed E-state index contributed by atoms with van der Waals surface area (Å²) in [5.41, 5.74) is 0. The molecule has 0 saturated heterocycles. The molecular formula is C79H138O17P2. The van der Waals surface area contributed by atoms with E-state index in [0.29, 0.717) is 25.7 Å². The van der Waals surface area contributed by atoms with E-state index in [1.54, 1.807) is 0 Å². The van der Waals surface area contributed by atoms with Gasteiger partial charge in [0.05, 0.1) is 26.4 Å². The van der Waals surface area contributed by atoms with Gasteiger partial charge in [-0.25, -0.2) is 9.13 Å². The van der Waals surface area contributed by atoms with E-state index in [9.17, 15) is 43.2 Å². The zero-order valence-electron chi connectivity index (χ0n) is 61.7. The normalized spacial score (nSPS) is 14.5. The quantitative estimate of drug-likeness (QED) is 0.0169. The number of ether oxygens (including phenoxy) is 4. The molecule has 0 amide bonds. The van der Waals surface area contributed by atoms with E-state index in [1.807, 2.05) is 0 Å². The van der Waals surface area contributed by atoms with Crippen molar-refractivity contribution in [2.45, 2.75) is 341 Å². The number of aliphatic hydroxyl groups is 1. The number of allylic oxidation sites excluding steroid dienone is 16. The van der Waals surface area contributed by atoms with Gasteiger partial charge in [-0.15, -0.1) is 0 Å². The second kappa shape index (κ2) is 71.4. The molecule has 19 heteroatoms. The minimum absolute atomic E-state index is 0.0817. The van der Waals surface area contributed by atoms with Crippen LogP contribution in [0.25, 0.3) is 0 Å². The monoisotopic (exact) mass is 1420 g/mol. The number of phosphoric ester groups is 2. The van der Waals surface area contributed by atoms with Crippen molar-refractivity contribution in [1.29, 1.82) is 0 Å². The first-order chi connectivity index (χ1) is 47.7. The van der Waals surface area contributed by atoms with Gasteiger partial charge in [-0.3, -0.25) is 37.3 Å². The number of phosphoric acid groups is 2. The number of rotatable bonds is 72. The van der Waals surface area contributed by atoms with Crippen LogP contribution in [-0.2, 0) is 65.4 Å². The van der Waals surface area contributed by atoms with Crippen LogP contribution in [0.1, 0.15) is 323 Å². The Balaban J connectivity index is 5.33. The summed E-state index contributed by atoms with van der Waals surface area (Å²) in [5.74, 6) is -2.21. The Bertz CT molecular complexity index is 2240. The van der Waals surface area contributed by atoms with Crippen molar-refractivity contribution in [3.05, 3.63) is 97.2 Å². The first-order valence-electron chi connectivity index (χ1n) is 38.5. The molecule has 98 heavy (non-hydrogen) atoms. The molecule has 0 saturated carbocycles. The predicted octanol–water partition coefficient (Wildman–Crippen LogP) is 22.0. The summed E-state index contributed by atoms with van der Waals surface area (Å²) < 4.78 is 68.4. The lowest BCUT2D eigenvalue weighted by atomic mass is 10.1. The Hall–Kier alpha value is -4.02. The lowest BCUT2D eigenvalue weighted by molar-refractivity contribution is -0.161. The van der Waals surface area contributed by atoms with Crippen molar-refractivity contribution in [3.63, 3.8) is 0 Å². The smallest absolute Gasteiger partial charge is 0.462 e. The van der Waals surface area contributed by atoms with Crippen LogP contribution in [0, 0.1) is 0 Å². The van der Waals surface area contributed by atoms with Crippen molar-refractivity contribution in [2.75, 3.05) is 39.6 Å². The van der Waals surface area contributed by atoms with E-state index >= 15 is 0 Å². The highest BCUT2D eigenvalue weighted by Crippen LogP contribution is 2.45. The zero-order valence-corrected chi connectivity index (χ0v) is 63.5. The summed E-state index contributed by atoms with van der Waals surface area (Å²) >= 11 is 0. The number of unbranched alkanes of at least 4 members (excludes halogenated alkanes) is 30. The molecule has 0 aromatic rings. The molecule has 0 aliphatic carbocycles. The third-order valence-electron chi connectivity index (χ3n) is 16.0. The Morgan fingerprint density at radius 2 is 0.561 bits per heavy atom. The molecule has 17 nitrogen and oxygen atoms in total. The van der Waals surface area contributed by atoms with Crippen molar-refractivity contribution < 1.29 is 80.2 Å². The van der Waals surface area contributed by atoms with Crippen LogP contribution in [0.15, 0.2) is 97.2 Å². The largest absolute Gasteiger partial charge is 0.472 e. The van der Waals surface area contributed by atoms with Gasteiger partial charge in [-0.1, -0.05) is 260 Å². The number of esters is 4. The van der Waals surface area contributed by atoms with Gasteiger partial charge in [0.1, 0.15) is 19.3 Å². The van der Waals surface area contributed by atoms with Gasteiger partial charge in [0.15, 0.2) is 12.2 Å². The number of carbonyl (C=O) groups is 4. The maximum atomic E-state index is 13.1. The summed E-state index contributed by atoms with van der Waals surface area (Å²) in [5, 5.41) is 10.6. The highest BCUT2D eigenvalue weighted by atomic mass is 31.2. The van der Waals surface area contributed by atoms with Crippen LogP contribution in [0.4, 0.5) is 0 Å². The summed E-state index contributed by atoms with van der Waals surface area (Å²) in [7, 11) is -9.95. The fourth-order valence-electron chi connectivity index (χ4n) is 10.1. The summed E-state index contributed by atoms with van der Waals surface area (Å²) in [4.78, 5) is 72.8. The van der Waals surface area contributed by atoms with Crippen molar-refractivity contribution >= 4 is 39.5 Å². The third kappa shape index (κ3) is 70.4. The van der Waals surface area contributed by atoms with Gasteiger partial charge >= 0.3 is 39.5 Å². The number of hydrogen-bond acceptors (Lipinski definition) is 15. The topological polar surface area (TPSA) is 237 Å². The average Bonchev–Trinajstić information content (AvgIpc) is 0.992. The number of aliphatic hydroxyl groups excluding tert-OH is 1. The molecule has 0 bridgehead atoms. The van der Waals surface area contributed by atoms with Gasteiger partial charge in [-0.2, -0.15) is 0 Å². The molecule has 0 spiro atoms.